The average Bonchev–Trinajstić information content (AvgIpc) is 3.36. The van der Waals surface area contributed by atoms with Crippen molar-refractivity contribution in [2.24, 2.45) is 0 Å². The van der Waals surface area contributed by atoms with E-state index in [1.165, 1.54) is 10.7 Å². The van der Waals surface area contributed by atoms with Gasteiger partial charge in [-0.05, 0) is 60.7 Å². The molecule has 0 N–H and O–H groups in total. The molecule has 0 bridgehead atoms. The van der Waals surface area contributed by atoms with Crippen LogP contribution in [-0.2, 0) is 12.8 Å². The van der Waals surface area contributed by atoms with Gasteiger partial charge in [-0.25, -0.2) is 14.1 Å². The van der Waals surface area contributed by atoms with E-state index in [-0.39, 0.29) is 34.8 Å². The van der Waals surface area contributed by atoms with Crippen LogP contribution in [0.3, 0.4) is 0 Å². The molecule has 2 aromatic heterocycles. The number of nitrogens with zero attached hydrogens (tertiary/aromatic N) is 3. The fourth-order valence-corrected chi connectivity index (χ4v) is 4.67. The topological polar surface area (TPSA) is 39.9 Å². The SMILES string of the molecule is Fc1ccccc1COc1ccc(-c2cc(C(F)(F)F)c3c(-c4ccc(Cl)cc4)nn(-c4ccccc4)c3n2)cc1. The summed E-state index contributed by atoms with van der Waals surface area (Å²) in [6, 6.07) is 29.1. The molecular weight excluding hydrogens is 554 g/mol. The molecule has 41 heavy (non-hydrogen) atoms. The van der Waals surface area contributed by atoms with Crippen LogP contribution in [0.15, 0.2) is 109 Å². The molecule has 0 amide bonds. The van der Waals surface area contributed by atoms with Gasteiger partial charge in [-0.3, -0.25) is 0 Å². The van der Waals surface area contributed by atoms with Gasteiger partial charge in [0.25, 0.3) is 0 Å². The van der Waals surface area contributed by atoms with Crippen molar-refractivity contribution in [3.8, 4) is 34.0 Å². The molecule has 4 aromatic carbocycles. The number of fused-ring (bicyclic) bond motifs is 1. The zero-order valence-electron chi connectivity index (χ0n) is 21.2. The third-order valence-corrected chi connectivity index (χ3v) is 6.82. The van der Waals surface area contributed by atoms with E-state index >= 15 is 0 Å². The smallest absolute Gasteiger partial charge is 0.417 e. The first-order valence-electron chi connectivity index (χ1n) is 12.6. The van der Waals surface area contributed by atoms with Gasteiger partial charge in [0.1, 0.15) is 23.9 Å². The van der Waals surface area contributed by atoms with E-state index < -0.39 is 11.7 Å². The summed E-state index contributed by atoms with van der Waals surface area (Å²) in [7, 11) is 0. The van der Waals surface area contributed by atoms with Crippen LogP contribution in [-0.4, -0.2) is 14.8 Å². The van der Waals surface area contributed by atoms with E-state index in [0.717, 1.165) is 6.07 Å². The predicted molar refractivity (Wildman–Crippen MR) is 150 cm³/mol. The van der Waals surface area contributed by atoms with Gasteiger partial charge >= 0.3 is 6.18 Å². The minimum atomic E-state index is -4.69. The van der Waals surface area contributed by atoms with Crippen LogP contribution in [0.25, 0.3) is 39.2 Å². The summed E-state index contributed by atoms with van der Waals surface area (Å²) in [5.74, 6) is 0.0581. The number of ether oxygens (including phenoxy) is 1. The highest BCUT2D eigenvalue weighted by molar-refractivity contribution is 6.30. The summed E-state index contributed by atoms with van der Waals surface area (Å²) >= 11 is 6.04. The summed E-state index contributed by atoms with van der Waals surface area (Å²) in [5.41, 5.74) is 1.34. The maximum atomic E-state index is 14.6. The van der Waals surface area contributed by atoms with Crippen molar-refractivity contribution in [3.63, 3.8) is 0 Å². The van der Waals surface area contributed by atoms with Gasteiger partial charge in [0, 0.05) is 21.7 Å². The Balaban J connectivity index is 1.47. The summed E-state index contributed by atoms with van der Waals surface area (Å²) in [4.78, 5) is 4.68. The van der Waals surface area contributed by atoms with Crippen molar-refractivity contribution in [1.82, 2.24) is 14.8 Å². The molecule has 0 aliphatic heterocycles. The number of hydrogen-bond acceptors (Lipinski definition) is 3. The first kappa shape index (κ1) is 26.5. The second-order valence-electron chi connectivity index (χ2n) is 9.26. The van der Waals surface area contributed by atoms with Gasteiger partial charge in [0.2, 0.25) is 0 Å². The molecule has 0 aliphatic rings. The number of para-hydroxylation sites is 1. The van der Waals surface area contributed by atoms with Crippen molar-refractivity contribution in [3.05, 3.63) is 131 Å². The Morgan fingerprint density at radius 1 is 0.780 bits per heavy atom. The van der Waals surface area contributed by atoms with Crippen LogP contribution in [0, 0.1) is 5.82 Å². The van der Waals surface area contributed by atoms with Crippen molar-refractivity contribution in [2.45, 2.75) is 12.8 Å². The highest BCUT2D eigenvalue weighted by atomic mass is 35.5. The third kappa shape index (κ3) is 5.38. The Bertz CT molecular complexity index is 1830. The lowest BCUT2D eigenvalue weighted by Gasteiger charge is -2.13. The lowest BCUT2D eigenvalue weighted by molar-refractivity contribution is -0.136. The van der Waals surface area contributed by atoms with E-state index in [9.17, 15) is 17.6 Å². The monoisotopic (exact) mass is 573 g/mol. The van der Waals surface area contributed by atoms with Crippen molar-refractivity contribution >= 4 is 22.6 Å². The van der Waals surface area contributed by atoms with E-state index in [1.54, 1.807) is 91.0 Å². The third-order valence-electron chi connectivity index (χ3n) is 6.56. The molecule has 0 unspecified atom stereocenters. The summed E-state index contributed by atoms with van der Waals surface area (Å²) in [5, 5.41) is 4.95. The fraction of sp³-hybridized carbons (Fsp3) is 0.0625. The molecule has 0 spiro atoms. The quantitative estimate of drug-likeness (QED) is 0.187. The number of benzene rings is 4. The minimum absolute atomic E-state index is 0.0121. The van der Waals surface area contributed by atoms with Gasteiger partial charge in [0.15, 0.2) is 5.65 Å². The van der Waals surface area contributed by atoms with Gasteiger partial charge < -0.3 is 4.74 Å². The second-order valence-corrected chi connectivity index (χ2v) is 9.70. The predicted octanol–water partition coefficient (Wildman–Crippen LogP) is 9.14. The van der Waals surface area contributed by atoms with Gasteiger partial charge in [-0.1, -0.05) is 60.1 Å². The standard InChI is InChI=1S/C32H20ClF4N3O/c33-23-14-10-21(11-15-23)30-29-26(32(35,36)37)18-28(38-31(29)40(39-30)24-7-2-1-3-8-24)20-12-16-25(17-13-20)41-19-22-6-4-5-9-27(22)34/h1-18H,19H2. The van der Waals surface area contributed by atoms with Crippen LogP contribution in [0.2, 0.25) is 5.02 Å². The normalized spacial score (nSPS) is 11.6. The molecule has 4 nitrogen and oxygen atoms in total. The van der Waals surface area contributed by atoms with Crippen molar-refractivity contribution in [1.29, 1.82) is 0 Å². The number of rotatable bonds is 6. The summed E-state index contributed by atoms with van der Waals surface area (Å²) in [6.07, 6.45) is -4.69. The van der Waals surface area contributed by atoms with Crippen molar-refractivity contribution in [2.75, 3.05) is 0 Å². The molecule has 0 atom stereocenters. The Hall–Kier alpha value is -4.69. The molecule has 0 saturated heterocycles. The zero-order chi connectivity index (χ0) is 28.6. The lowest BCUT2D eigenvalue weighted by Crippen LogP contribution is -2.08. The molecule has 0 fully saturated rings. The molecule has 0 saturated carbocycles. The molecule has 6 aromatic rings. The maximum Gasteiger partial charge on any atom is 0.417 e. The zero-order valence-corrected chi connectivity index (χ0v) is 22.0. The number of alkyl halides is 3. The molecule has 0 aliphatic carbocycles. The van der Waals surface area contributed by atoms with Crippen molar-refractivity contribution < 1.29 is 22.3 Å². The van der Waals surface area contributed by atoms with Crippen LogP contribution < -0.4 is 4.74 Å². The maximum absolute atomic E-state index is 14.6. The molecule has 6 rings (SSSR count). The molecule has 9 heteroatoms. The Kier molecular flexibility index (Phi) is 6.93. The van der Waals surface area contributed by atoms with Crippen LogP contribution in [0.4, 0.5) is 17.6 Å². The molecule has 204 valence electrons. The van der Waals surface area contributed by atoms with E-state index in [1.807, 2.05) is 6.07 Å². The highest BCUT2D eigenvalue weighted by Crippen LogP contribution is 2.42. The Morgan fingerprint density at radius 2 is 1.44 bits per heavy atom. The lowest BCUT2D eigenvalue weighted by atomic mass is 10.0. The van der Waals surface area contributed by atoms with Gasteiger partial charge in [0.05, 0.1) is 22.3 Å². The molecular formula is C32H20ClF4N3O. The van der Waals surface area contributed by atoms with Gasteiger partial charge in [-0.15, -0.1) is 0 Å². The molecule has 2 heterocycles. The number of aromatic nitrogens is 3. The van der Waals surface area contributed by atoms with Crippen LogP contribution in [0.1, 0.15) is 11.1 Å². The first-order chi connectivity index (χ1) is 19.8. The Morgan fingerprint density at radius 3 is 2.12 bits per heavy atom. The average molecular weight is 574 g/mol. The number of pyridine rings is 1. The molecule has 0 radical (unpaired) electrons. The summed E-state index contributed by atoms with van der Waals surface area (Å²) in [6.45, 7) is 0.0121. The highest BCUT2D eigenvalue weighted by Gasteiger charge is 2.36. The van der Waals surface area contributed by atoms with E-state index in [4.69, 9.17) is 16.3 Å². The summed E-state index contributed by atoms with van der Waals surface area (Å²) < 4.78 is 64.9. The fourth-order valence-electron chi connectivity index (χ4n) is 4.54. The Labute approximate surface area is 237 Å². The van der Waals surface area contributed by atoms with Crippen LogP contribution in [0.5, 0.6) is 5.75 Å². The number of halogens is 5. The van der Waals surface area contributed by atoms with E-state index in [2.05, 4.69) is 10.1 Å². The van der Waals surface area contributed by atoms with Gasteiger partial charge in [-0.2, -0.15) is 18.3 Å². The van der Waals surface area contributed by atoms with Crippen LogP contribution >= 0.6 is 11.6 Å². The first-order valence-corrected chi connectivity index (χ1v) is 12.9. The van der Waals surface area contributed by atoms with E-state index in [0.29, 0.717) is 33.1 Å². The minimum Gasteiger partial charge on any atom is -0.489 e. The number of hydrogen-bond donors (Lipinski definition) is 0. The largest absolute Gasteiger partial charge is 0.489 e. The second kappa shape index (κ2) is 10.7.